The van der Waals surface area contributed by atoms with Gasteiger partial charge in [0.1, 0.15) is 0 Å². The Balaban J connectivity index is 2.90. The summed E-state index contributed by atoms with van der Waals surface area (Å²) in [6.07, 6.45) is 1.60. The first-order chi connectivity index (χ1) is 9.01. The van der Waals surface area contributed by atoms with E-state index in [0.29, 0.717) is 11.3 Å². The summed E-state index contributed by atoms with van der Waals surface area (Å²) in [7, 11) is 0. The van der Waals surface area contributed by atoms with E-state index in [4.69, 9.17) is 10.8 Å². The van der Waals surface area contributed by atoms with Gasteiger partial charge in [0.2, 0.25) is 5.91 Å². The third-order valence-corrected chi connectivity index (χ3v) is 3.11. The fourth-order valence-electron chi connectivity index (χ4n) is 1.94. The van der Waals surface area contributed by atoms with Gasteiger partial charge in [-0.1, -0.05) is 19.4 Å². The maximum atomic E-state index is 12.0. The molecule has 0 aliphatic rings. The van der Waals surface area contributed by atoms with Crippen LogP contribution in [0, 0.1) is 12.8 Å². The first-order valence-electron chi connectivity index (χ1n) is 6.35. The third kappa shape index (κ3) is 3.79. The maximum Gasteiger partial charge on any atom is 0.336 e. The molecule has 1 atom stereocenters. The Morgan fingerprint density at radius 2 is 2.11 bits per heavy atom. The fraction of sp³-hybridized carbons (Fsp3) is 0.429. The summed E-state index contributed by atoms with van der Waals surface area (Å²) < 4.78 is 0. The second-order valence-electron chi connectivity index (χ2n) is 4.49. The van der Waals surface area contributed by atoms with Crippen molar-refractivity contribution in [3.05, 3.63) is 29.3 Å². The number of carboxylic acids is 1. The molecule has 0 heterocycles. The van der Waals surface area contributed by atoms with Crippen molar-refractivity contribution < 1.29 is 14.7 Å². The largest absolute Gasteiger partial charge is 0.478 e. The zero-order chi connectivity index (χ0) is 14.4. The normalized spacial score (nSPS) is 11.9. The van der Waals surface area contributed by atoms with Gasteiger partial charge in [-0.3, -0.25) is 4.79 Å². The first kappa shape index (κ1) is 15.2. The van der Waals surface area contributed by atoms with Gasteiger partial charge >= 0.3 is 5.97 Å². The summed E-state index contributed by atoms with van der Waals surface area (Å²) in [6, 6.07) is 4.82. The van der Waals surface area contributed by atoms with Crippen LogP contribution in [0.1, 0.15) is 35.7 Å². The number of hydrogen-bond acceptors (Lipinski definition) is 3. The number of rotatable bonds is 6. The molecule has 1 amide bonds. The zero-order valence-corrected chi connectivity index (χ0v) is 11.3. The second-order valence-corrected chi connectivity index (χ2v) is 4.49. The molecule has 0 bridgehead atoms. The molecule has 1 aromatic rings. The van der Waals surface area contributed by atoms with Gasteiger partial charge in [-0.2, -0.15) is 0 Å². The Bertz CT molecular complexity index is 472. The number of carbonyl (C=O) groups is 2. The van der Waals surface area contributed by atoms with Crippen LogP contribution in [0.3, 0.4) is 0 Å². The van der Waals surface area contributed by atoms with Crippen LogP contribution in [0.15, 0.2) is 18.2 Å². The SMILES string of the molecule is CCCC(CN)C(=O)Nc1cccc(C(=O)O)c1C. The molecule has 5 nitrogen and oxygen atoms in total. The van der Waals surface area contributed by atoms with Crippen LogP contribution in [0.2, 0.25) is 0 Å². The van der Waals surface area contributed by atoms with E-state index < -0.39 is 5.97 Å². The van der Waals surface area contributed by atoms with Crippen molar-refractivity contribution in [2.24, 2.45) is 11.7 Å². The summed E-state index contributed by atoms with van der Waals surface area (Å²) >= 11 is 0. The number of carbonyl (C=O) groups excluding carboxylic acids is 1. The summed E-state index contributed by atoms with van der Waals surface area (Å²) in [4.78, 5) is 23.0. The highest BCUT2D eigenvalue weighted by atomic mass is 16.4. The molecule has 0 aliphatic carbocycles. The smallest absolute Gasteiger partial charge is 0.336 e. The van der Waals surface area contributed by atoms with Gasteiger partial charge in [0, 0.05) is 12.2 Å². The minimum Gasteiger partial charge on any atom is -0.478 e. The molecule has 0 saturated carbocycles. The van der Waals surface area contributed by atoms with Gasteiger partial charge < -0.3 is 16.2 Å². The topological polar surface area (TPSA) is 92.4 Å². The predicted molar refractivity (Wildman–Crippen MR) is 74.2 cm³/mol. The molecule has 19 heavy (non-hydrogen) atoms. The monoisotopic (exact) mass is 264 g/mol. The molecule has 0 aliphatic heterocycles. The molecule has 4 N–H and O–H groups in total. The Labute approximate surface area is 112 Å². The quantitative estimate of drug-likeness (QED) is 0.732. The predicted octanol–water partition coefficient (Wildman–Crippen LogP) is 2.01. The van der Waals surface area contributed by atoms with E-state index in [0.717, 1.165) is 12.8 Å². The van der Waals surface area contributed by atoms with Crippen LogP contribution in [0.5, 0.6) is 0 Å². The van der Waals surface area contributed by atoms with Crippen molar-refractivity contribution >= 4 is 17.6 Å². The lowest BCUT2D eigenvalue weighted by Gasteiger charge is -2.16. The molecular weight excluding hydrogens is 244 g/mol. The molecule has 5 heteroatoms. The van der Waals surface area contributed by atoms with Crippen molar-refractivity contribution in [1.82, 2.24) is 0 Å². The molecule has 0 radical (unpaired) electrons. The van der Waals surface area contributed by atoms with Crippen LogP contribution in [-0.4, -0.2) is 23.5 Å². The number of nitrogens with one attached hydrogen (secondary N) is 1. The molecule has 0 aromatic heterocycles. The van der Waals surface area contributed by atoms with Gasteiger partial charge in [0.05, 0.1) is 11.5 Å². The van der Waals surface area contributed by atoms with E-state index in [1.165, 1.54) is 6.07 Å². The van der Waals surface area contributed by atoms with Crippen LogP contribution in [0.4, 0.5) is 5.69 Å². The van der Waals surface area contributed by atoms with E-state index >= 15 is 0 Å². The highest BCUT2D eigenvalue weighted by molar-refractivity contribution is 5.97. The Hall–Kier alpha value is -1.88. The van der Waals surface area contributed by atoms with Gasteiger partial charge in [0.25, 0.3) is 0 Å². The summed E-state index contributed by atoms with van der Waals surface area (Å²) in [6.45, 7) is 3.96. The van der Waals surface area contributed by atoms with Gasteiger partial charge in [-0.25, -0.2) is 4.79 Å². The number of nitrogens with two attached hydrogens (primary N) is 1. The van der Waals surface area contributed by atoms with E-state index in [2.05, 4.69) is 5.32 Å². The third-order valence-electron chi connectivity index (χ3n) is 3.11. The summed E-state index contributed by atoms with van der Waals surface area (Å²) in [5.41, 5.74) is 6.85. The zero-order valence-electron chi connectivity index (χ0n) is 11.3. The number of carboxylic acid groups (broad SMARTS) is 1. The van der Waals surface area contributed by atoms with Crippen molar-refractivity contribution in [3.63, 3.8) is 0 Å². The number of amides is 1. The molecule has 0 spiro atoms. The standard InChI is InChI=1S/C14H20N2O3/c1-3-5-10(8-15)13(17)16-12-7-4-6-11(9(12)2)14(18)19/h4,6-7,10H,3,5,8,15H2,1-2H3,(H,16,17)(H,18,19). The Kier molecular flexibility index (Phi) is 5.51. The first-order valence-corrected chi connectivity index (χ1v) is 6.35. The van der Waals surface area contributed by atoms with Crippen molar-refractivity contribution in [2.75, 3.05) is 11.9 Å². The second kappa shape index (κ2) is 6.89. The van der Waals surface area contributed by atoms with Crippen molar-refractivity contribution in [3.8, 4) is 0 Å². The fourth-order valence-corrected chi connectivity index (χ4v) is 1.94. The average Bonchev–Trinajstić information content (AvgIpc) is 2.37. The Morgan fingerprint density at radius 1 is 1.42 bits per heavy atom. The van der Waals surface area contributed by atoms with Gasteiger partial charge in [-0.15, -0.1) is 0 Å². The minimum absolute atomic E-state index is 0.157. The lowest BCUT2D eigenvalue weighted by molar-refractivity contribution is -0.119. The maximum absolute atomic E-state index is 12.0. The molecule has 0 saturated heterocycles. The van der Waals surface area contributed by atoms with Gasteiger partial charge in [0.15, 0.2) is 0 Å². The van der Waals surface area contributed by atoms with Crippen LogP contribution in [-0.2, 0) is 4.79 Å². The van der Waals surface area contributed by atoms with E-state index in [1.807, 2.05) is 6.92 Å². The Morgan fingerprint density at radius 3 is 2.63 bits per heavy atom. The lowest BCUT2D eigenvalue weighted by Crippen LogP contribution is -2.29. The van der Waals surface area contributed by atoms with Crippen LogP contribution in [0.25, 0.3) is 0 Å². The summed E-state index contributed by atoms with van der Waals surface area (Å²) in [5, 5.41) is 11.8. The summed E-state index contributed by atoms with van der Waals surface area (Å²) in [5.74, 6) is -1.40. The molecular formula is C14H20N2O3. The highest BCUT2D eigenvalue weighted by Gasteiger charge is 2.18. The minimum atomic E-state index is -1.00. The molecule has 104 valence electrons. The number of benzene rings is 1. The van der Waals surface area contributed by atoms with Crippen molar-refractivity contribution in [1.29, 1.82) is 0 Å². The number of hydrogen-bond donors (Lipinski definition) is 3. The van der Waals surface area contributed by atoms with E-state index in [-0.39, 0.29) is 23.9 Å². The van der Waals surface area contributed by atoms with E-state index in [1.54, 1.807) is 19.1 Å². The molecule has 1 aromatic carbocycles. The van der Waals surface area contributed by atoms with Crippen molar-refractivity contribution in [2.45, 2.75) is 26.7 Å². The van der Waals surface area contributed by atoms with Gasteiger partial charge in [-0.05, 0) is 31.0 Å². The number of anilines is 1. The number of aromatic carboxylic acids is 1. The molecule has 0 fully saturated rings. The van der Waals surface area contributed by atoms with E-state index in [9.17, 15) is 9.59 Å². The molecule has 1 rings (SSSR count). The van der Waals surface area contributed by atoms with Crippen LogP contribution < -0.4 is 11.1 Å². The highest BCUT2D eigenvalue weighted by Crippen LogP contribution is 2.20. The van der Waals surface area contributed by atoms with Crippen LogP contribution >= 0.6 is 0 Å². The molecule has 1 unspecified atom stereocenters. The average molecular weight is 264 g/mol. The lowest BCUT2D eigenvalue weighted by atomic mass is 10.0.